The molecule has 91 heavy (non-hydrogen) atoms. The van der Waals surface area contributed by atoms with E-state index in [1.165, 1.54) is 199 Å². The molecule has 0 saturated carbocycles. The lowest BCUT2D eigenvalue weighted by atomic mass is 10.0. The lowest BCUT2D eigenvalue weighted by Crippen LogP contribution is -2.30. The fourth-order valence-electron chi connectivity index (χ4n) is 11.0. The van der Waals surface area contributed by atoms with Crippen LogP contribution in [0, 0.1) is 5.92 Å². The largest absolute Gasteiger partial charge is 0.472 e. The van der Waals surface area contributed by atoms with Crippen LogP contribution in [0.2, 0.25) is 0 Å². The minimum atomic E-state index is -4.95. The first kappa shape index (κ1) is 89.1. The zero-order valence-corrected chi connectivity index (χ0v) is 60.8. The van der Waals surface area contributed by atoms with Crippen LogP contribution in [-0.4, -0.2) is 96.7 Å². The van der Waals surface area contributed by atoms with E-state index in [0.29, 0.717) is 25.7 Å². The minimum absolute atomic E-state index is 0.106. The molecule has 540 valence electrons. The molecular formula is C72H140O17P2. The van der Waals surface area contributed by atoms with E-state index in [1.807, 2.05) is 0 Å². The van der Waals surface area contributed by atoms with Crippen LogP contribution in [0.25, 0.3) is 0 Å². The van der Waals surface area contributed by atoms with Gasteiger partial charge in [-0.1, -0.05) is 324 Å². The molecule has 0 bridgehead atoms. The standard InChI is InChI=1S/C72H140O17P2/c1-6-9-12-15-18-21-23-25-27-29-31-36-41-46-51-56-70(75)83-62-68(88-71(76)57-52-47-42-37-32-30-28-26-24-22-19-16-13-10-7-2)64-87-91(80,81)85-60-66(73)59-84-90(78,79)86-63-67(61-82-69(74)55-50-45-40-34-20-17-14-11-8-3)89-72(77)58-53-48-43-38-33-35-39-44-49-54-65(4)5/h65-68,73H,6-64H2,1-5H3,(H,78,79)(H,80,81)/t66-,67+,68+/m0/s1. The molecule has 19 heteroatoms. The predicted molar refractivity (Wildman–Crippen MR) is 368 cm³/mol. The number of hydrogen-bond donors (Lipinski definition) is 3. The highest BCUT2D eigenvalue weighted by Crippen LogP contribution is 2.45. The molecule has 0 aliphatic rings. The lowest BCUT2D eigenvalue weighted by molar-refractivity contribution is -0.161. The molecule has 3 N–H and O–H groups in total. The summed E-state index contributed by atoms with van der Waals surface area (Å²) in [4.78, 5) is 72.6. The third-order valence-electron chi connectivity index (χ3n) is 16.8. The summed E-state index contributed by atoms with van der Waals surface area (Å²) in [5.74, 6) is -1.38. The van der Waals surface area contributed by atoms with Crippen molar-refractivity contribution in [1.82, 2.24) is 0 Å². The van der Waals surface area contributed by atoms with Gasteiger partial charge in [-0.2, -0.15) is 0 Å². The van der Waals surface area contributed by atoms with Gasteiger partial charge in [0.05, 0.1) is 26.4 Å². The molecule has 0 aromatic rings. The van der Waals surface area contributed by atoms with Gasteiger partial charge in [-0.3, -0.25) is 37.3 Å². The highest BCUT2D eigenvalue weighted by Gasteiger charge is 2.30. The number of aliphatic hydroxyl groups is 1. The summed E-state index contributed by atoms with van der Waals surface area (Å²) in [7, 11) is -9.90. The van der Waals surface area contributed by atoms with Gasteiger partial charge in [-0.15, -0.1) is 0 Å². The second-order valence-corrected chi connectivity index (χ2v) is 29.4. The van der Waals surface area contributed by atoms with E-state index in [2.05, 4.69) is 34.6 Å². The van der Waals surface area contributed by atoms with Gasteiger partial charge in [0.15, 0.2) is 12.2 Å². The molecule has 0 aromatic heterocycles. The van der Waals surface area contributed by atoms with Crippen molar-refractivity contribution >= 4 is 39.5 Å². The van der Waals surface area contributed by atoms with Gasteiger partial charge in [0.1, 0.15) is 19.3 Å². The van der Waals surface area contributed by atoms with Crippen molar-refractivity contribution in [3.05, 3.63) is 0 Å². The molecule has 0 heterocycles. The SMILES string of the molecule is CCCCCCCCCCCCCCCCCC(=O)OC[C@H](COP(=O)(O)OC[C@@H](O)COP(=O)(O)OC[C@@H](COC(=O)CCCCCCCCCCC)OC(=O)CCCCCCCCCCCC(C)C)OC(=O)CCCCCCCCCCCCCCCCC. The van der Waals surface area contributed by atoms with Crippen molar-refractivity contribution in [2.45, 2.75) is 393 Å². The van der Waals surface area contributed by atoms with Gasteiger partial charge in [-0.25, -0.2) is 9.13 Å². The maximum absolute atomic E-state index is 13.0. The van der Waals surface area contributed by atoms with Crippen LogP contribution in [0.3, 0.4) is 0 Å². The molecule has 0 aliphatic carbocycles. The van der Waals surface area contributed by atoms with Gasteiger partial charge in [0.2, 0.25) is 0 Å². The molecule has 0 rings (SSSR count). The number of carbonyl (C=O) groups is 4. The molecule has 0 fully saturated rings. The minimum Gasteiger partial charge on any atom is -0.462 e. The van der Waals surface area contributed by atoms with E-state index < -0.39 is 97.5 Å². The fourth-order valence-corrected chi connectivity index (χ4v) is 12.6. The van der Waals surface area contributed by atoms with Crippen molar-refractivity contribution < 1.29 is 80.2 Å². The average Bonchev–Trinajstić information content (AvgIpc) is 3.43. The molecule has 0 spiro atoms. The number of esters is 4. The van der Waals surface area contributed by atoms with Crippen LogP contribution in [0.1, 0.15) is 375 Å². The van der Waals surface area contributed by atoms with Gasteiger partial charge < -0.3 is 33.8 Å². The van der Waals surface area contributed by atoms with Gasteiger partial charge in [0, 0.05) is 25.7 Å². The van der Waals surface area contributed by atoms with E-state index in [-0.39, 0.29) is 25.7 Å². The fraction of sp³-hybridized carbons (Fsp3) is 0.944. The van der Waals surface area contributed by atoms with Crippen LogP contribution in [0.4, 0.5) is 0 Å². The third kappa shape index (κ3) is 66.5. The molecule has 17 nitrogen and oxygen atoms in total. The van der Waals surface area contributed by atoms with E-state index in [9.17, 15) is 43.2 Å². The highest BCUT2D eigenvalue weighted by molar-refractivity contribution is 7.47. The Labute approximate surface area is 556 Å². The number of hydrogen-bond acceptors (Lipinski definition) is 15. The van der Waals surface area contributed by atoms with Gasteiger partial charge in [-0.05, 0) is 31.6 Å². The number of phosphoric acid groups is 2. The Morgan fingerprint density at radius 2 is 0.505 bits per heavy atom. The first-order valence-electron chi connectivity index (χ1n) is 37.6. The van der Waals surface area contributed by atoms with Crippen LogP contribution < -0.4 is 0 Å². The molecule has 0 aliphatic heterocycles. The second kappa shape index (κ2) is 65.4. The Hall–Kier alpha value is -1.94. The normalized spacial score (nSPS) is 14.0. The van der Waals surface area contributed by atoms with Crippen LogP contribution in [0.15, 0.2) is 0 Å². The summed E-state index contributed by atoms with van der Waals surface area (Å²) in [5.41, 5.74) is 0. The number of rotatable bonds is 72. The summed E-state index contributed by atoms with van der Waals surface area (Å²) in [6.45, 7) is 7.23. The second-order valence-electron chi connectivity index (χ2n) is 26.5. The number of unbranched alkanes of at least 4 members (excludes halogenated alkanes) is 44. The third-order valence-corrected chi connectivity index (χ3v) is 18.7. The van der Waals surface area contributed by atoms with E-state index >= 15 is 0 Å². The Balaban J connectivity index is 5.23. The Kier molecular flexibility index (Phi) is 64.0. The topological polar surface area (TPSA) is 237 Å². The molecule has 0 saturated heterocycles. The van der Waals surface area contributed by atoms with Crippen molar-refractivity contribution in [2.24, 2.45) is 5.92 Å². The molecule has 0 aromatic carbocycles. The van der Waals surface area contributed by atoms with Crippen LogP contribution in [0.5, 0.6) is 0 Å². The first-order valence-corrected chi connectivity index (χ1v) is 40.6. The highest BCUT2D eigenvalue weighted by atomic mass is 31.2. The number of carbonyl (C=O) groups excluding carboxylic acids is 4. The predicted octanol–water partition coefficient (Wildman–Crippen LogP) is 20.9. The van der Waals surface area contributed by atoms with Crippen LogP contribution >= 0.6 is 15.6 Å². The van der Waals surface area contributed by atoms with Crippen molar-refractivity contribution in [2.75, 3.05) is 39.6 Å². The molecular weight excluding hydrogens is 1200 g/mol. The molecule has 5 atom stereocenters. The Morgan fingerprint density at radius 3 is 0.747 bits per heavy atom. The maximum Gasteiger partial charge on any atom is 0.472 e. The number of phosphoric ester groups is 2. The van der Waals surface area contributed by atoms with Crippen molar-refractivity contribution in [3.8, 4) is 0 Å². The zero-order valence-electron chi connectivity index (χ0n) is 59.0. The summed E-state index contributed by atoms with van der Waals surface area (Å²) in [5, 5.41) is 10.6. The zero-order chi connectivity index (χ0) is 67.0. The lowest BCUT2D eigenvalue weighted by Gasteiger charge is -2.21. The summed E-state index contributed by atoms with van der Waals surface area (Å²) >= 11 is 0. The smallest absolute Gasteiger partial charge is 0.462 e. The van der Waals surface area contributed by atoms with E-state index in [1.54, 1.807) is 0 Å². The summed E-state index contributed by atoms with van der Waals surface area (Å²) < 4.78 is 68.3. The van der Waals surface area contributed by atoms with E-state index in [0.717, 1.165) is 95.8 Å². The first-order chi connectivity index (χ1) is 44.0. The van der Waals surface area contributed by atoms with Crippen molar-refractivity contribution in [3.63, 3.8) is 0 Å². The summed E-state index contributed by atoms with van der Waals surface area (Å²) in [6, 6.07) is 0. The van der Waals surface area contributed by atoms with Gasteiger partial charge in [0.25, 0.3) is 0 Å². The molecule has 2 unspecified atom stereocenters. The summed E-state index contributed by atoms with van der Waals surface area (Å²) in [6.07, 6.45) is 52.6. The van der Waals surface area contributed by atoms with Crippen molar-refractivity contribution in [1.29, 1.82) is 0 Å². The Bertz CT molecular complexity index is 1750. The maximum atomic E-state index is 13.0. The molecule has 0 amide bonds. The monoisotopic (exact) mass is 1340 g/mol. The van der Waals surface area contributed by atoms with Crippen LogP contribution in [-0.2, 0) is 65.4 Å². The van der Waals surface area contributed by atoms with E-state index in [4.69, 9.17) is 37.0 Å². The average molecular weight is 1340 g/mol. The number of aliphatic hydroxyl groups excluding tert-OH is 1. The number of ether oxygens (including phenoxy) is 4. The Morgan fingerprint density at radius 1 is 0.297 bits per heavy atom. The molecule has 0 radical (unpaired) electrons. The quantitative estimate of drug-likeness (QED) is 0.0222. The van der Waals surface area contributed by atoms with Gasteiger partial charge >= 0.3 is 39.5 Å².